The lowest BCUT2D eigenvalue weighted by Gasteiger charge is -2.18. The molecule has 1 saturated heterocycles. The number of hydrogen-bond acceptors (Lipinski definition) is 4. The van der Waals surface area contributed by atoms with Crippen molar-refractivity contribution < 1.29 is 18.0 Å². The predicted molar refractivity (Wildman–Crippen MR) is 106 cm³/mol. The van der Waals surface area contributed by atoms with Gasteiger partial charge in [-0.15, -0.1) is 0 Å². The first kappa shape index (κ1) is 19.1. The summed E-state index contributed by atoms with van der Waals surface area (Å²) in [5, 5.41) is 2.93. The standard InChI is InChI=1S/C20H22N2O4S/c1-13(2)17-9-4-6-14(3)19(17)21-20(24)15-7-5-8-16(12-15)22-18(23)10-11-27(22,25)26/h4-9,12-13H,10-11H2,1-3H3,(H,21,24). The molecule has 0 saturated carbocycles. The largest absolute Gasteiger partial charge is 0.321 e. The maximum absolute atomic E-state index is 12.8. The molecule has 0 spiro atoms. The van der Waals surface area contributed by atoms with Crippen LogP contribution in [0, 0.1) is 6.92 Å². The number of anilines is 2. The lowest BCUT2D eigenvalue weighted by Crippen LogP contribution is -2.29. The first-order valence-corrected chi connectivity index (χ1v) is 10.4. The normalized spacial score (nSPS) is 16.0. The van der Waals surface area contributed by atoms with Crippen LogP contribution in [0.2, 0.25) is 0 Å². The summed E-state index contributed by atoms with van der Waals surface area (Å²) in [6, 6.07) is 12.0. The third-order valence-corrected chi connectivity index (χ3v) is 6.28. The Morgan fingerprint density at radius 2 is 1.85 bits per heavy atom. The van der Waals surface area contributed by atoms with Gasteiger partial charge in [-0.25, -0.2) is 12.7 Å². The minimum Gasteiger partial charge on any atom is -0.321 e. The van der Waals surface area contributed by atoms with Crippen LogP contribution in [0.15, 0.2) is 42.5 Å². The molecule has 0 aliphatic carbocycles. The molecule has 0 atom stereocenters. The Morgan fingerprint density at radius 1 is 1.15 bits per heavy atom. The third kappa shape index (κ3) is 3.73. The highest BCUT2D eigenvalue weighted by Crippen LogP contribution is 2.29. The number of rotatable bonds is 4. The molecule has 27 heavy (non-hydrogen) atoms. The van der Waals surface area contributed by atoms with E-state index in [-0.39, 0.29) is 29.7 Å². The van der Waals surface area contributed by atoms with Crippen molar-refractivity contribution in [2.24, 2.45) is 0 Å². The Morgan fingerprint density at radius 3 is 2.48 bits per heavy atom. The number of nitrogens with zero attached hydrogens (tertiary/aromatic N) is 1. The fourth-order valence-electron chi connectivity index (χ4n) is 3.17. The van der Waals surface area contributed by atoms with Gasteiger partial charge in [0.05, 0.1) is 11.4 Å². The second-order valence-electron chi connectivity index (χ2n) is 6.92. The van der Waals surface area contributed by atoms with E-state index in [1.165, 1.54) is 12.1 Å². The number of sulfonamides is 1. The SMILES string of the molecule is Cc1cccc(C(C)C)c1NC(=O)c1cccc(N2C(=O)CCS2(=O)=O)c1. The summed E-state index contributed by atoms with van der Waals surface area (Å²) in [5.74, 6) is -0.798. The Kier molecular flexibility index (Phi) is 5.06. The fraction of sp³-hybridized carbons (Fsp3) is 0.300. The molecule has 1 heterocycles. The second kappa shape index (κ2) is 7.15. The van der Waals surface area contributed by atoms with Crippen LogP contribution in [0.4, 0.5) is 11.4 Å². The minimum atomic E-state index is -3.66. The Hall–Kier alpha value is -2.67. The molecule has 142 valence electrons. The van der Waals surface area contributed by atoms with Gasteiger partial charge >= 0.3 is 0 Å². The number of carbonyl (C=O) groups excluding carboxylic acids is 2. The molecule has 2 amide bonds. The Bertz CT molecular complexity index is 1010. The summed E-state index contributed by atoms with van der Waals surface area (Å²) in [7, 11) is -3.66. The second-order valence-corrected chi connectivity index (χ2v) is 8.86. The number of benzene rings is 2. The van der Waals surface area contributed by atoms with Gasteiger partial charge in [-0.2, -0.15) is 0 Å². The molecule has 2 aromatic rings. The van der Waals surface area contributed by atoms with E-state index in [2.05, 4.69) is 19.2 Å². The summed E-state index contributed by atoms with van der Waals surface area (Å²) in [5.41, 5.74) is 3.21. The highest BCUT2D eigenvalue weighted by Gasteiger charge is 2.36. The van der Waals surface area contributed by atoms with E-state index < -0.39 is 15.9 Å². The summed E-state index contributed by atoms with van der Waals surface area (Å²) in [6.07, 6.45) is -0.0419. The molecule has 0 radical (unpaired) electrons. The van der Waals surface area contributed by atoms with Gasteiger partial charge in [0.15, 0.2) is 0 Å². The molecule has 0 unspecified atom stereocenters. The molecule has 1 aliphatic heterocycles. The number of nitrogens with one attached hydrogen (secondary N) is 1. The maximum atomic E-state index is 12.8. The van der Waals surface area contributed by atoms with Crippen LogP contribution in [0.25, 0.3) is 0 Å². The Balaban J connectivity index is 1.93. The minimum absolute atomic E-state index is 0.0419. The van der Waals surface area contributed by atoms with Crippen molar-refractivity contribution in [1.29, 1.82) is 0 Å². The number of carbonyl (C=O) groups is 2. The Labute approximate surface area is 159 Å². The van der Waals surface area contributed by atoms with Crippen molar-refractivity contribution in [3.8, 4) is 0 Å². The zero-order valence-electron chi connectivity index (χ0n) is 15.5. The summed E-state index contributed by atoms with van der Waals surface area (Å²) >= 11 is 0. The summed E-state index contributed by atoms with van der Waals surface area (Å²) < 4.78 is 25.0. The lowest BCUT2D eigenvalue weighted by molar-refractivity contribution is -0.116. The molecule has 3 rings (SSSR count). The van der Waals surface area contributed by atoms with Gasteiger partial charge in [0.25, 0.3) is 5.91 Å². The molecule has 6 nitrogen and oxygen atoms in total. The molecule has 1 fully saturated rings. The van der Waals surface area contributed by atoms with E-state index in [9.17, 15) is 18.0 Å². The van der Waals surface area contributed by atoms with Crippen molar-refractivity contribution in [3.63, 3.8) is 0 Å². The van der Waals surface area contributed by atoms with Crippen molar-refractivity contribution in [3.05, 3.63) is 59.2 Å². The predicted octanol–water partition coefficient (Wildman–Crippen LogP) is 3.44. The van der Waals surface area contributed by atoms with Gasteiger partial charge in [-0.1, -0.05) is 38.1 Å². The van der Waals surface area contributed by atoms with Crippen LogP contribution >= 0.6 is 0 Å². The summed E-state index contributed by atoms with van der Waals surface area (Å²) in [6.45, 7) is 6.02. The smallest absolute Gasteiger partial charge is 0.255 e. The topological polar surface area (TPSA) is 83.6 Å². The van der Waals surface area contributed by atoms with E-state index in [0.717, 1.165) is 21.1 Å². The van der Waals surface area contributed by atoms with E-state index in [1.54, 1.807) is 12.1 Å². The summed E-state index contributed by atoms with van der Waals surface area (Å²) in [4.78, 5) is 24.8. The van der Waals surface area contributed by atoms with Crippen molar-refractivity contribution in [2.45, 2.75) is 33.1 Å². The lowest BCUT2D eigenvalue weighted by atomic mass is 9.98. The number of amides is 2. The molecular formula is C20H22N2O4S. The van der Waals surface area contributed by atoms with Crippen LogP contribution in [0.3, 0.4) is 0 Å². The highest BCUT2D eigenvalue weighted by atomic mass is 32.2. The van der Waals surface area contributed by atoms with Crippen LogP contribution in [0.1, 0.15) is 47.7 Å². The number of para-hydroxylation sites is 1. The van der Waals surface area contributed by atoms with Gasteiger partial charge < -0.3 is 5.32 Å². The van der Waals surface area contributed by atoms with E-state index in [4.69, 9.17) is 0 Å². The number of hydrogen-bond donors (Lipinski definition) is 1. The molecule has 0 bridgehead atoms. The highest BCUT2D eigenvalue weighted by molar-refractivity contribution is 7.94. The molecular weight excluding hydrogens is 364 g/mol. The van der Waals surface area contributed by atoms with Crippen LogP contribution in [-0.4, -0.2) is 26.0 Å². The van der Waals surface area contributed by atoms with Gasteiger partial charge in [-0.3, -0.25) is 9.59 Å². The molecule has 2 aromatic carbocycles. The molecule has 1 aliphatic rings. The fourth-order valence-corrected chi connectivity index (χ4v) is 4.62. The number of aryl methyl sites for hydroxylation is 1. The maximum Gasteiger partial charge on any atom is 0.255 e. The van der Waals surface area contributed by atoms with Crippen molar-refractivity contribution in [1.82, 2.24) is 0 Å². The molecule has 0 aromatic heterocycles. The molecule has 7 heteroatoms. The monoisotopic (exact) mass is 386 g/mol. The van der Waals surface area contributed by atoms with E-state index in [0.29, 0.717) is 5.56 Å². The zero-order chi connectivity index (χ0) is 19.8. The van der Waals surface area contributed by atoms with Gasteiger partial charge in [-0.05, 0) is 42.2 Å². The van der Waals surface area contributed by atoms with Crippen molar-refractivity contribution in [2.75, 3.05) is 15.4 Å². The first-order valence-electron chi connectivity index (χ1n) is 8.77. The average Bonchev–Trinajstić information content (AvgIpc) is 2.89. The van der Waals surface area contributed by atoms with Crippen LogP contribution in [-0.2, 0) is 14.8 Å². The van der Waals surface area contributed by atoms with E-state index >= 15 is 0 Å². The first-order chi connectivity index (χ1) is 12.7. The van der Waals surface area contributed by atoms with Crippen LogP contribution < -0.4 is 9.62 Å². The van der Waals surface area contributed by atoms with Crippen LogP contribution in [0.5, 0.6) is 0 Å². The van der Waals surface area contributed by atoms with Gasteiger partial charge in [0.2, 0.25) is 15.9 Å². The molecule has 1 N–H and O–H groups in total. The van der Waals surface area contributed by atoms with E-state index in [1.807, 2.05) is 25.1 Å². The quantitative estimate of drug-likeness (QED) is 0.872. The third-order valence-electron chi connectivity index (χ3n) is 4.59. The zero-order valence-corrected chi connectivity index (χ0v) is 16.3. The van der Waals surface area contributed by atoms with Gasteiger partial charge in [0.1, 0.15) is 0 Å². The van der Waals surface area contributed by atoms with Crippen molar-refractivity contribution >= 4 is 33.2 Å². The van der Waals surface area contributed by atoms with Gasteiger partial charge in [0, 0.05) is 17.7 Å². The average molecular weight is 386 g/mol.